The van der Waals surface area contributed by atoms with E-state index in [0.717, 1.165) is 33.3 Å². The van der Waals surface area contributed by atoms with Crippen LogP contribution in [-0.4, -0.2) is 28.9 Å². The maximum absolute atomic E-state index is 5.64. The molecule has 3 rings (SSSR count). The number of thiocarbonyl (C=S) groups is 1. The van der Waals surface area contributed by atoms with Crippen LogP contribution in [0.5, 0.6) is 5.75 Å². The van der Waals surface area contributed by atoms with Gasteiger partial charge in [-0.05, 0) is 61.1 Å². The van der Waals surface area contributed by atoms with Crippen LogP contribution in [0, 0.1) is 0 Å². The maximum atomic E-state index is 5.64. The maximum Gasteiger partial charge on any atom is 0.174 e. The number of hydrogen-bond donors (Lipinski definition) is 1. The Morgan fingerprint density at radius 2 is 1.96 bits per heavy atom. The fraction of sp³-hybridized carbons (Fsp3) is 0.278. The van der Waals surface area contributed by atoms with Gasteiger partial charge in [0.15, 0.2) is 5.11 Å². The van der Waals surface area contributed by atoms with Crippen LogP contribution in [0.3, 0.4) is 0 Å². The summed E-state index contributed by atoms with van der Waals surface area (Å²) < 4.78 is 6.57. The zero-order chi connectivity index (χ0) is 16.9. The van der Waals surface area contributed by atoms with E-state index in [9.17, 15) is 0 Å². The average Bonchev–Trinajstić information content (AvgIpc) is 3.07. The molecule has 1 aliphatic rings. The molecule has 0 spiro atoms. The molecule has 1 aliphatic heterocycles. The number of nitrogens with zero attached hydrogens (tertiary/aromatic N) is 1. The molecular weight excluding hydrogens is 404 g/mol. The lowest BCUT2D eigenvalue weighted by molar-refractivity contribution is 0.340. The molecule has 0 aliphatic carbocycles. The molecule has 126 valence electrons. The SMILES string of the molecule is CCOc1ccc(NC(=S)N2CCS[C@@H]2c2ccc(Br)cc2)cc1. The zero-order valence-corrected chi connectivity index (χ0v) is 16.6. The van der Waals surface area contributed by atoms with E-state index in [1.54, 1.807) is 0 Å². The third-order valence-corrected chi connectivity index (χ3v) is 5.85. The highest BCUT2D eigenvalue weighted by Gasteiger charge is 2.28. The van der Waals surface area contributed by atoms with Gasteiger partial charge in [0.2, 0.25) is 0 Å². The third kappa shape index (κ3) is 4.23. The van der Waals surface area contributed by atoms with Crippen LogP contribution >= 0.6 is 39.9 Å². The van der Waals surface area contributed by atoms with Gasteiger partial charge in [-0.25, -0.2) is 0 Å². The van der Waals surface area contributed by atoms with Gasteiger partial charge in [0.05, 0.1) is 6.61 Å². The van der Waals surface area contributed by atoms with Crippen molar-refractivity contribution in [3.05, 3.63) is 58.6 Å². The molecule has 2 aromatic carbocycles. The molecule has 0 amide bonds. The summed E-state index contributed by atoms with van der Waals surface area (Å²) in [6.45, 7) is 3.61. The lowest BCUT2D eigenvalue weighted by atomic mass is 10.2. The molecule has 1 fully saturated rings. The topological polar surface area (TPSA) is 24.5 Å². The van der Waals surface area contributed by atoms with E-state index in [0.29, 0.717) is 6.61 Å². The van der Waals surface area contributed by atoms with Crippen molar-refractivity contribution in [2.24, 2.45) is 0 Å². The van der Waals surface area contributed by atoms with Gasteiger partial charge in [0, 0.05) is 22.5 Å². The minimum absolute atomic E-state index is 0.265. The molecule has 1 saturated heterocycles. The lowest BCUT2D eigenvalue weighted by Crippen LogP contribution is -2.34. The second-order valence-corrected chi connectivity index (χ2v) is 7.85. The Kier molecular flexibility index (Phi) is 6.03. The largest absolute Gasteiger partial charge is 0.494 e. The van der Waals surface area contributed by atoms with Crippen molar-refractivity contribution < 1.29 is 4.74 Å². The second-order valence-electron chi connectivity index (χ2n) is 5.36. The van der Waals surface area contributed by atoms with Gasteiger partial charge in [0.25, 0.3) is 0 Å². The number of halogens is 1. The van der Waals surface area contributed by atoms with E-state index < -0.39 is 0 Å². The molecule has 0 radical (unpaired) electrons. The third-order valence-electron chi connectivity index (χ3n) is 3.72. The van der Waals surface area contributed by atoms with Gasteiger partial charge in [-0.15, -0.1) is 11.8 Å². The van der Waals surface area contributed by atoms with E-state index in [4.69, 9.17) is 17.0 Å². The van der Waals surface area contributed by atoms with Gasteiger partial charge in [-0.1, -0.05) is 28.1 Å². The van der Waals surface area contributed by atoms with E-state index in [1.165, 1.54) is 5.56 Å². The summed E-state index contributed by atoms with van der Waals surface area (Å²) in [5.74, 6) is 1.95. The molecule has 6 heteroatoms. The average molecular weight is 423 g/mol. The van der Waals surface area contributed by atoms with E-state index in [1.807, 2.05) is 43.0 Å². The Balaban J connectivity index is 1.68. The Hall–Kier alpha value is -1.24. The van der Waals surface area contributed by atoms with Gasteiger partial charge in [-0.2, -0.15) is 0 Å². The Bertz CT molecular complexity index is 691. The quantitative estimate of drug-likeness (QED) is 0.674. The number of rotatable bonds is 4. The summed E-state index contributed by atoms with van der Waals surface area (Å²) >= 11 is 11.1. The Morgan fingerprint density at radius 3 is 2.62 bits per heavy atom. The van der Waals surface area contributed by atoms with E-state index in [2.05, 4.69) is 50.4 Å². The summed E-state index contributed by atoms with van der Waals surface area (Å²) in [5, 5.41) is 4.37. The number of anilines is 1. The van der Waals surface area contributed by atoms with Crippen LogP contribution in [0.25, 0.3) is 0 Å². The standard InChI is InChI=1S/C18H19BrN2OS2/c1-2-22-16-9-7-15(8-10-16)20-18(23)21-11-12-24-17(21)13-3-5-14(19)6-4-13/h3-10,17H,2,11-12H2,1H3,(H,20,23)/t17-/m1/s1. The number of ether oxygens (including phenoxy) is 1. The van der Waals surface area contributed by atoms with Crippen molar-refractivity contribution in [3.8, 4) is 5.75 Å². The van der Waals surface area contributed by atoms with Gasteiger partial charge < -0.3 is 15.0 Å². The molecule has 24 heavy (non-hydrogen) atoms. The normalized spacial score (nSPS) is 16.9. The van der Waals surface area contributed by atoms with Crippen molar-refractivity contribution in [1.29, 1.82) is 0 Å². The number of hydrogen-bond acceptors (Lipinski definition) is 3. The minimum Gasteiger partial charge on any atom is -0.494 e. The molecule has 0 bridgehead atoms. The van der Waals surface area contributed by atoms with Gasteiger partial charge >= 0.3 is 0 Å². The van der Waals surface area contributed by atoms with Crippen LogP contribution in [-0.2, 0) is 0 Å². The van der Waals surface area contributed by atoms with E-state index >= 15 is 0 Å². The van der Waals surface area contributed by atoms with Crippen molar-refractivity contribution >= 4 is 50.7 Å². The smallest absolute Gasteiger partial charge is 0.174 e. The molecule has 1 heterocycles. The molecule has 1 atom stereocenters. The first kappa shape index (κ1) is 17.6. The summed E-state index contributed by atoms with van der Waals surface area (Å²) in [7, 11) is 0. The molecule has 1 N–H and O–H groups in total. The van der Waals surface area contributed by atoms with Crippen LogP contribution in [0.1, 0.15) is 17.9 Å². The molecule has 2 aromatic rings. The van der Waals surface area contributed by atoms with Crippen molar-refractivity contribution in [3.63, 3.8) is 0 Å². The molecular formula is C18H19BrN2OS2. The zero-order valence-electron chi connectivity index (χ0n) is 13.4. The van der Waals surface area contributed by atoms with Crippen molar-refractivity contribution in [1.82, 2.24) is 4.90 Å². The summed E-state index contributed by atoms with van der Waals surface area (Å²) in [6, 6.07) is 16.4. The Labute approximate surface area is 160 Å². The molecule has 3 nitrogen and oxygen atoms in total. The van der Waals surface area contributed by atoms with E-state index in [-0.39, 0.29) is 5.37 Å². The first-order valence-corrected chi connectivity index (χ1v) is 10.1. The number of thioether (sulfide) groups is 1. The fourth-order valence-electron chi connectivity index (χ4n) is 2.58. The minimum atomic E-state index is 0.265. The second kappa shape index (κ2) is 8.23. The highest BCUT2D eigenvalue weighted by Crippen LogP contribution is 2.38. The Morgan fingerprint density at radius 1 is 1.25 bits per heavy atom. The highest BCUT2D eigenvalue weighted by molar-refractivity contribution is 9.10. The van der Waals surface area contributed by atoms with Crippen LogP contribution < -0.4 is 10.1 Å². The summed E-state index contributed by atoms with van der Waals surface area (Å²) in [4.78, 5) is 2.25. The van der Waals surface area contributed by atoms with Gasteiger partial charge in [-0.3, -0.25) is 0 Å². The molecule has 0 aromatic heterocycles. The molecule has 0 saturated carbocycles. The summed E-state index contributed by atoms with van der Waals surface area (Å²) in [6.07, 6.45) is 0. The summed E-state index contributed by atoms with van der Waals surface area (Å²) in [5.41, 5.74) is 2.26. The molecule has 0 unspecified atom stereocenters. The number of benzene rings is 2. The monoisotopic (exact) mass is 422 g/mol. The predicted octanol–water partition coefficient (Wildman–Crippen LogP) is 5.29. The fourth-order valence-corrected chi connectivity index (χ4v) is 4.49. The lowest BCUT2D eigenvalue weighted by Gasteiger charge is -2.27. The van der Waals surface area contributed by atoms with Crippen LogP contribution in [0.2, 0.25) is 0 Å². The van der Waals surface area contributed by atoms with Crippen molar-refractivity contribution in [2.45, 2.75) is 12.3 Å². The van der Waals surface area contributed by atoms with Crippen molar-refractivity contribution in [2.75, 3.05) is 24.2 Å². The first-order chi connectivity index (χ1) is 11.7. The highest BCUT2D eigenvalue weighted by atomic mass is 79.9. The predicted molar refractivity (Wildman–Crippen MR) is 110 cm³/mol. The first-order valence-electron chi connectivity index (χ1n) is 7.85. The van der Waals surface area contributed by atoms with Gasteiger partial charge in [0.1, 0.15) is 11.1 Å². The van der Waals surface area contributed by atoms with Crippen LogP contribution in [0.15, 0.2) is 53.0 Å². The van der Waals surface area contributed by atoms with Crippen LogP contribution in [0.4, 0.5) is 5.69 Å². The number of nitrogens with one attached hydrogen (secondary N) is 1.